The first-order valence-electron chi connectivity index (χ1n) is 5.77. The molecule has 3 N–H and O–H groups in total. The van der Waals surface area contributed by atoms with Crippen LogP contribution in [-0.4, -0.2) is 9.97 Å². The summed E-state index contributed by atoms with van der Waals surface area (Å²) >= 11 is 8.62. The van der Waals surface area contributed by atoms with E-state index in [1.165, 1.54) is 5.56 Å². The standard InChI is InChI=1S/C14H14BrN3S/c1-8-3-4-11(10(15)7-8)18-14-12(13(16)19)9(2)5-6-17-14/h3-7H,1-2H3,(H2,16,19)(H,17,18). The number of benzene rings is 1. The molecule has 0 fully saturated rings. The summed E-state index contributed by atoms with van der Waals surface area (Å²) < 4.78 is 0.977. The Kier molecular flexibility index (Phi) is 4.17. The molecule has 3 nitrogen and oxygen atoms in total. The minimum absolute atomic E-state index is 0.344. The molecule has 0 amide bonds. The number of pyridine rings is 1. The van der Waals surface area contributed by atoms with Crippen molar-refractivity contribution in [2.75, 3.05) is 5.32 Å². The number of anilines is 2. The van der Waals surface area contributed by atoms with Crippen LogP contribution in [0.1, 0.15) is 16.7 Å². The summed E-state index contributed by atoms with van der Waals surface area (Å²) in [4.78, 5) is 4.66. The van der Waals surface area contributed by atoms with E-state index in [-0.39, 0.29) is 0 Å². The Morgan fingerprint density at radius 3 is 2.68 bits per heavy atom. The quantitative estimate of drug-likeness (QED) is 0.836. The van der Waals surface area contributed by atoms with Gasteiger partial charge in [0.05, 0.1) is 11.3 Å². The highest BCUT2D eigenvalue weighted by Gasteiger charge is 2.11. The molecule has 0 aliphatic rings. The van der Waals surface area contributed by atoms with Gasteiger partial charge in [0.2, 0.25) is 0 Å². The first kappa shape index (κ1) is 14.0. The highest BCUT2D eigenvalue weighted by molar-refractivity contribution is 9.10. The van der Waals surface area contributed by atoms with Crippen LogP contribution in [0, 0.1) is 13.8 Å². The van der Waals surface area contributed by atoms with E-state index < -0.39 is 0 Å². The van der Waals surface area contributed by atoms with E-state index in [0.29, 0.717) is 10.8 Å². The Labute approximate surface area is 126 Å². The number of hydrogen-bond acceptors (Lipinski definition) is 3. The van der Waals surface area contributed by atoms with Crippen LogP contribution in [0.5, 0.6) is 0 Å². The van der Waals surface area contributed by atoms with E-state index in [4.69, 9.17) is 18.0 Å². The summed E-state index contributed by atoms with van der Waals surface area (Å²) in [5, 5.41) is 3.26. The van der Waals surface area contributed by atoms with Crippen LogP contribution in [0.3, 0.4) is 0 Å². The topological polar surface area (TPSA) is 50.9 Å². The van der Waals surface area contributed by atoms with Crippen molar-refractivity contribution in [3.05, 3.63) is 51.6 Å². The van der Waals surface area contributed by atoms with E-state index in [0.717, 1.165) is 21.3 Å². The van der Waals surface area contributed by atoms with E-state index >= 15 is 0 Å². The number of nitrogens with two attached hydrogens (primary N) is 1. The van der Waals surface area contributed by atoms with Crippen molar-refractivity contribution in [2.24, 2.45) is 5.73 Å². The molecular weight excluding hydrogens is 322 g/mol. The summed E-state index contributed by atoms with van der Waals surface area (Å²) in [6.07, 6.45) is 1.74. The monoisotopic (exact) mass is 335 g/mol. The molecule has 0 radical (unpaired) electrons. The summed E-state index contributed by atoms with van der Waals surface area (Å²) in [7, 11) is 0. The lowest BCUT2D eigenvalue weighted by molar-refractivity contribution is 1.25. The fraction of sp³-hybridized carbons (Fsp3) is 0.143. The number of halogens is 1. The predicted octanol–water partition coefficient (Wildman–Crippen LogP) is 3.84. The predicted molar refractivity (Wildman–Crippen MR) is 87.0 cm³/mol. The van der Waals surface area contributed by atoms with Gasteiger partial charge in [-0.2, -0.15) is 0 Å². The van der Waals surface area contributed by atoms with E-state index in [1.807, 2.05) is 38.1 Å². The maximum atomic E-state index is 5.77. The zero-order valence-corrected chi connectivity index (χ0v) is 13.1. The highest BCUT2D eigenvalue weighted by Crippen LogP contribution is 2.28. The molecule has 5 heteroatoms. The molecule has 0 bridgehead atoms. The van der Waals surface area contributed by atoms with Crippen LogP contribution in [0.2, 0.25) is 0 Å². The molecule has 2 aromatic rings. The number of aryl methyl sites for hydroxylation is 2. The Morgan fingerprint density at radius 2 is 2.05 bits per heavy atom. The molecular formula is C14H14BrN3S. The molecule has 1 aromatic carbocycles. The summed E-state index contributed by atoms with van der Waals surface area (Å²) in [5.41, 5.74) is 9.68. The maximum Gasteiger partial charge on any atom is 0.140 e. The van der Waals surface area contributed by atoms with E-state index in [1.54, 1.807) is 6.20 Å². The van der Waals surface area contributed by atoms with Crippen molar-refractivity contribution in [1.29, 1.82) is 0 Å². The molecule has 98 valence electrons. The number of thiocarbonyl (C=S) groups is 1. The maximum absolute atomic E-state index is 5.77. The number of hydrogen-bond donors (Lipinski definition) is 2. The van der Waals surface area contributed by atoms with Crippen molar-refractivity contribution in [2.45, 2.75) is 13.8 Å². The largest absolute Gasteiger partial charge is 0.389 e. The Morgan fingerprint density at radius 1 is 1.32 bits per heavy atom. The number of aromatic nitrogens is 1. The molecule has 0 spiro atoms. The van der Waals surface area contributed by atoms with Gasteiger partial charge in [-0.05, 0) is 59.1 Å². The smallest absolute Gasteiger partial charge is 0.140 e. The molecule has 0 unspecified atom stereocenters. The average Bonchev–Trinajstić information content (AvgIpc) is 2.32. The summed E-state index contributed by atoms with van der Waals surface area (Å²) in [6.45, 7) is 4.01. The fourth-order valence-corrected chi connectivity index (χ4v) is 2.66. The third-order valence-corrected chi connectivity index (χ3v) is 3.64. The van der Waals surface area contributed by atoms with Gasteiger partial charge in [-0.1, -0.05) is 18.3 Å². The van der Waals surface area contributed by atoms with Crippen molar-refractivity contribution in [3.63, 3.8) is 0 Å². The Balaban J connectivity index is 2.44. The van der Waals surface area contributed by atoms with Crippen LogP contribution < -0.4 is 11.1 Å². The van der Waals surface area contributed by atoms with Crippen molar-refractivity contribution < 1.29 is 0 Å². The number of nitrogens with zero attached hydrogens (tertiary/aromatic N) is 1. The zero-order chi connectivity index (χ0) is 14.0. The van der Waals surface area contributed by atoms with Crippen LogP contribution >= 0.6 is 28.1 Å². The molecule has 1 aromatic heterocycles. The van der Waals surface area contributed by atoms with Gasteiger partial charge in [0, 0.05) is 10.7 Å². The lowest BCUT2D eigenvalue weighted by atomic mass is 10.1. The van der Waals surface area contributed by atoms with Gasteiger partial charge in [0.15, 0.2) is 0 Å². The lowest BCUT2D eigenvalue weighted by Crippen LogP contribution is -2.14. The van der Waals surface area contributed by atoms with Gasteiger partial charge >= 0.3 is 0 Å². The first-order chi connectivity index (χ1) is 8.99. The molecule has 0 saturated heterocycles. The zero-order valence-electron chi connectivity index (χ0n) is 10.7. The third-order valence-electron chi connectivity index (χ3n) is 2.78. The number of rotatable bonds is 3. The van der Waals surface area contributed by atoms with Crippen LogP contribution in [0.15, 0.2) is 34.9 Å². The van der Waals surface area contributed by atoms with Gasteiger partial charge in [-0.15, -0.1) is 0 Å². The van der Waals surface area contributed by atoms with Gasteiger partial charge in [-0.25, -0.2) is 4.98 Å². The van der Waals surface area contributed by atoms with Crippen molar-refractivity contribution >= 4 is 44.6 Å². The van der Waals surface area contributed by atoms with E-state index in [2.05, 4.69) is 26.2 Å². The molecule has 0 aliphatic carbocycles. The van der Waals surface area contributed by atoms with Gasteiger partial charge in [-0.3, -0.25) is 0 Å². The molecule has 19 heavy (non-hydrogen) atoms. The second-order valence-corrected chi connectivity index (χ2v) is 5.62. The normalized spacial score (nSPS) is 10.3. The van der Waals surface area contributed by atoms with Crippen LogP contribution in [0.4, 0.5) is 11.5 Å². The summed E-state index contributed by atoms with van der Waals surface area (Å²) in [5.74, 6) is 0.678. The third kappa shape index (κ3) is 3.11. The average molecular weight is 336 g/mol. The minimum Gasteiger partial charge on any atom is -0.389 e. The first-order valence-corrected chi connectivity index (χ1v) is 6.97. The van der Waals surface area contributed by atoms with Crippen LogP contribution in [-0.2, 0) is 0 Å². The second kappa shape index (κ2) is 5.67. The lowest BCUT2D eigenvalue weighted by Gasteiger charge is -2.13. The van der Waals surface area contributed by atoms with Crippen molar-refractivity contribution in [1.82, 2.24) is 4.98 Å². The van der Waals surface area contributed by atoms with Gasteiger partial charge in [0.1, 0.15) is 10.8 Å². The van der Waals surface area contributed by atoms with Crippen LogP contribution in [0.25, 0.3) is 0 Å². The number of nitrogens with one attached hydrogen (secondary N) is 1. The Hall–Kier alpha value is -1.46. The fourth-order valence-electron chi connectivity index (χ4n) is 1.81. The second-order valence-electron chi connectivity index (χ2n) is 4.32. The SMILES string of the molecule is Cc1ccc(Nc2nccc(C)c2C(N)=S)c(Br)c1. The van der Waals surface area contributed by atoms with Crippen molar-refractivity contribution in [3.8, 4) is 0 Å². The van der Waals surface area contributed by atoms with Gasteiger partial charge < -0.3 is 11.1 Å². The molecule has 0 aliphatic heterocycles. The molecule has 2 rings (SSSR count). The Bertz CT molecular complexity index is 641. The summed E-state index contributed by atoms with van der Waals surface area (Å²) in [6, 6.07) is 7.96. The highest BCUT2D eigenvalue weighted by atomic mass is 79.9. The van der Waals surface area contributed by atoms with Gasteiger partial charge in [0.25, 0.3) is 0 Å². The molecule has 0 atom stereocenters. The molecule has 0 saturated carbocycles. The molecule has 1 heterocycles. The minimum atomic E-state index is 0.344. The van der Waals surface area contributed by atoms with E-state index in [9.17, 15) is 0 Å².